The maximum Gasteiger partial charge on any atom is 0.326 e. The van der Waals surface area contributed by atoms with Crippen molar-refractivity contribution in [2.24, 2.45) is 17.4 Å². The van der Waals surface area contributed by atoms with E-state index in [1.54, 1.807) is 13.1 Å². The van der Waals surface area contributed by atoms with Crippen LogP contribution >= 0.6 is 0 Å². The summed E-state index contributed by atoms with van der Waals surface area (Å²) >= 11 is 0. The quantitative estimate of drug-likeness (QED) is 0.113. The minimum atomic E-state index is -1.28. The molecule has 5 unspecified atom stereocenters. The maximum atomic E-state index is 13.4. The predicted molar refractivity (Wildman–Crippen MR) is 154 cm³/mol. The molecule has 0 bridgehead atoms. The molecule has 5 atom stereocenters. The Kier molecular flexibility index (Phi) is 11.2. The number of nitrogens with two attached hydrogens (primary N) is 2. The van der Waals surface area contributed by atoms with Crippen molar-refractivity contribution in [3.8, 4) is 0 Å². The average molecular weight is 583 g/mol. The third kappa shape index (κ3) is 8.64. The van der Waals surface area contributed by atoms with Crippen molar-refractivity contribution in [1.29, 1.82) is 0 Å². The molecular formula is C28H38N8O6. The monoisotopic (exact) mass is 582 g/mol. The molecule has 0 radical (unpaired) electrons. The van der Waals surface area contributed by atoms with E-state index in [-0.39, 0.29) is 25.7 Å². The van der Waals surface area contributed by atoms with Crippen molar-refractivity contribution in [1.82, 2.24) is 30.9 Å². The Hall–Kier alpha value is -4.72. The summed E-state index contributed by atoms with van der Waals surface area (Å²) in [5.74, 6) is -4.40. The molecule has 3 aromatic rings. The summed E-state index contributed by atoms with van der Waals surface area (Å²) in [6.45, 7) is 3.54. The summed E-state index contributed by atoms with van der Waals surface area (Å²) in [6.07, 6.45) is 4.89. The van der Waals surface area contributed by atoms with Gasteiger partial charge >= 0.3 is 5.97 Å². The number of hydrogen-bond acceptors (Lipinski definition) is 7. The van der Waals surface area contributed by atoms with Crippen LogP contribution < -0.4 is 27.4 Å². The lowest BCUT2D eigenvalue weighted by Gasteiger charge is -2.28. The van der Waals surface area contributed by atoms with Crippen LogP contribution in [0.25, 0.3) is 10.9 Å². The normalized spacial score (nSPS) is 14.7. The Morgan fingerprint density at radius 2 is 1.69 bits per heavy atom. The molecule has 14 heteroatoms. The molecule has 2 heterocycles. The number of carbonyl (C=O) groups excluding carboxylic acids is 4. The molecule has 0 saturated heterocycles. The Labute approximate surface area is 242 Å². The van der Waals surface area contributed by atoms with E-state index in [1.165, 1.54) is 12.5 Å². The van der Waals surface area contributed by atoms with E-state index in [2.05, 4.69) is 30.9 Å². The Morgan fingerprint density at radius 1 is 0.976 bits per heavy atom. The number of nitrogens with zero attached hydrogens (tertiary/aromatic N) is 1. The molecule has 14 nitrogen and oxygen atoms in total. The highest BCUT2D eigenvalue weighted by Crippen LogP contribution is 2.19. The molecule has 0 fully saturated rings. The summed E-state index contributed by atoms with van der Waals surface area (Å²) in [4.78, 5) is 72.8. The van der Waals surface area contributed by atoms with Gasteiger partial charge in [-0.05, 0) is 30.4 Å². The zero-order valence-corrected chi connectivity index (χ0v) is 23.6. The summed E-state index contributed by atoms with van der Waals surface area (Å²) in [5, 5.41) is 18.3. The van der Waals surface area contributed by atoms with Gasteiger partial charge < -0.3 is 42.5 Å². The molecule has 4 amide bonds. The second-order valence-electron chi connectivity index (χ2n) is 10.3. The number of hydrogen-bond donors (Lipinski definition) is 8. The van der Waals surface area contributed by atoms with Gasteiger partial charge in [-0.1, -0.05) is 38.5 Å². The standard InChI is InChI=1S/C28H38N8O6/c1-3-15(2)24(27(40)35-22(28(41)42)11-17-13-31-14-33-17)36-26(39)21(8-9-23(30)37)34-25(38)19(29)10-16-12-32-20-7-5-4-6-18(16)20/h4-7,12-15,19,21-22,24,32H,3,8-11,29H2,1-2H3,(H2,30,37)(H,31,33)(H,34,38)(H,35,40)(H,36,39)(H,41,42). The van der Waals surface area contributed by atoms with E-state index >= 15 is 0 Å². The van der Waals surface area contributed by atoms with Crippen LogP contribution in [-0.4, -0.2) is 73.8 Å². The number of para-hydroxylation sites is 1. The topological polar surface area (TPSA) is 238 Å². The summed E-state index contributed by atoms with van der Waals surface area (Å²) in [6, 6.07) is 2.90. The highest BCUT2D eigenvalue weighted by atomic mass is 16.4. The fourth-order valence-corrected chi connectivity index (χ4v) is 4.50. The largest absolute Gasteiger partial charge is 0.480 e. The van der Waals surface area contributed by atoms with E-state index in [0.717, 1.165) is 16.5 Å². The molecule has 3 rings (SSSR count). The lowest BCUT2D eigenvalue weighted by Crippen LogP contribution is -2.59. The van der Waals surface area contributed by atoms with Gasteiger partial charge in [0.05, 0.1) is 12.4 Å². The van der Waals surface area contributed by atoms with E-state index < -0.39 is 59.7 Å². The van der Waals surface area contributed by atoms with Crippen LogP contribution in [0.1, 0.15) is 44.4 Å². The number of carboxylic acids is 1. The molecule has 0 spiro atoms. The van der Waals surface area contributed by atoms with Gasteiger partial charge in [-0.25, -0.2) is 9.78 Å². The number of aromatic nitrogens is 3. The molecule has 0 aliphatic rings. The van der Waals surface area contributed by atoms with Gasteiger partial charge in [0.2, 0.25) is 23.6 Å². The molecule has 1 aromatic carbocycles. The number of aromatic amines is 2. The van der Waals surface area contributed by atoms with Gasteiger partial charge in [0, 0.05) is 41.8 Å². The van der Waals surface area contributed by atoms with E-state index in [4.69, 9.17) is 11.5 Å². The van der Waals surface area contributed by atoms with Crippen LogP contribution in [0.5, 0.6) is 0 Å². The van der Waals surface area contributed by atoms with E-state index in [1.807, 2.05) is 31.2 Å². The number of rotatable bonds is 16. The van der Waals surface area contributed by atoms with Gasteiger partial charge in [0.1, 0.15) is 18.1 Å². The van der Waals surface area contributed by atoms with Crippen molar-refractivity contribution >= 4 is 40.5 Å². The smallest absolute Gasteiger partial charge is 0.326 e. The number of amides is 4. The Morgan fingerprint density at radius 3 is 2.33 bits per heavy atom. The first-order valence-electron chi connectivity index (χ1n) is 13.7. The van der Waals surface area contributed by atoms with Gasteiger partial charge in [-0.15, -0.1) is 0 Å². The van der Waals surface area contributed by atoms with Crippen molar-refractivity contribution in [3.05, 3.63) is 54.2 Å². The minimum Gasteiger partial charge on any atom is -0.480 e. The molecule has 0 aliphatic heterocycles. The summed E-state index contributed by atoms with van der Waals surface area (Å²) in [7, 11) is 0. The highest BCUT2D eigenvalue weighted by molar-refractivity contribution is 5.95. The number of H-pyrrole nitrogens is 2. The first-order chi connectivity index (χ1) is 20.0. The van der Waals surface area contributed by atoms with E-state index in [0.29, 0.717) is 12.1 Å². The van der Waals surface area contributed by atoms with Crippen molar-refractivity contribution in [2.45, 2.75) is 70.1 Å². The van der Waals surface area contributed by atoms with Crippen LogP contribution in [0.3, 0.4) is 0 Å². The molecule has 0 saturated carbocycles. The number of aliphatic carboxylic acids is 1. The summed E-state index contributed by atoms with van der Waals surface area (Å²) < 4.78 is 0. The van der Waals surface area contributed by atoms with Crippen LogP contribution in [0.15, 0.2) is 43.0 Å². The van der Waals surface area contributed by atoms with Gasteiger partial charge in [0.15, 0.2) is 0 Å². The molecule has 0 aliphatic carbocycles. The fraction of sp³-hybridized carbons (Fsp3) is 0.429. The molecular weight excluding hydrogens is 544 g/mol. The third-order valence-corrected chi connectivity index (χ3v) is 7.15. The number of nitrogens with one attached hydrogen (secondary N) is 5. The zero-order valence-electron chi connectivity index (χ0n) is 23.6. The number of primary amides is 1. The summed E-state index contributed by atoms with van der Waals surface area (Å²) in [5.41, 5.74) is 13.7. The second kappa shape index (κ2) is 14.8. The van der Waals surface area contributed by atoms with Gasteiger partial charge in [0.25, 0.3) is 0 Å². The number of imidazole rings is 1. The number of fused-ring (bicyclic) bond motifs is 1. The molecule has 42 heavy (non-hydrogen) atoms. The fourth-order valence-electron chi connectivity index (χ4n) is 4.50. The van der Waals surface area contributed by atoms with Crippen molar-refractivity contribution < 1.29 is 29.1 Å². The Balaban J connectivity index is 1.71. The zero-order chi connectivity index (χ0) is 30.8. The van der Waals surface area contributed by atoms with Crippen LogP contribution in [0.4, 0.5) is 0 Å². The van der Waals surface area contributed by atoms with Crippen molar-refractivity contribution in [3.63, 3.8) is 0 Å². The molecule has 10 N–H and O–H groups in total. The van der Waals surface area contributed by atoms with Crippen LogP contribution in [0.2, 0.25) is 0 Å². The maximum absolute atomic E-state index is 13.4. The predicted octanol–water partition coefficient (Wildman–Crippen LogP) is -0.146. The first kappa shape index (κ1) is 31.8. The van der Waals surface area contributed by atoms with Crippen LogP contribution in [0, 0.1) is 5.92 Å². The lowest BCUT2D eigenvalue weighted by molar-refractivity contribution is -0.142. The van der Waals surface area contributed by atoms with Gasteiger partial charge in [-0.2, -0.15) is 0 Å². The SMILES string of the molecule is CCC(C)C(NC(=O)C(CCC(N)=O)NC(=O)C(N)Cc1c[nH]c2ccccc12)C(=O)NC(Cc1cnc[nH]1)C(=O)O. The second-order valence-corrected chi connectivity index (χ2v) is 10.3. The number of carboxylic acid groups (broad SMARTS) is 1. The third-order valence-electron chi connectivity index (χ3n) is 7.15. The highest BCUT2D eigenvalue weighted by Gasteiger charge is 2.33. The molecule has 226 valence electrons. The first-order valence-corrected chi connectivity index (χ1v) is 13.7. The van der Waals surface area contributed by atoms with Gasteiger partial charge in [-0.3, -0.25) is 19.2 Å². The minimum absolute atomic E-state index is 0.0478. The van der Waals surface area contributed by atoms with Crippen molar-refractivity contribution in [2.75, 3.05) is 0 Å². The number of benzene rings is 1. The Bertz CT molecular complexity index is 1390. The average Bonchev–Trinajstić information content (AvgIpc) is 3.62. The lowest BCUT2D eigenvalue weighted by atomic mass is 9.96. The number of carbonyl (C=O) groups is 5. The molecule has 2 aromatic heterocycles. The van der Waals surface area contributed by atoms with E-state index in [9.17, 15) is 29.1 Å². The van der Waals surface area contributed by atoms with Crippen LogP contribution in [-0.2, 0) is 36.8 Å².